The fourth-order valence-corrected chi connectivity index (χ4v) is 2.32. The van der Waals surface area contributed by atoms with Crippen molar-refractivity contribution >= 4 is 11.9 Å². The first-order valence-corrected chi connectivity index (χ1v) is 5.89. The van der Waals surface area contributed by atoms with E-state index >= 15 is 0 Å². The molecule has 3 N–H and O–H groups in total. The summed E-state index contributed by atoms with van der Waals surface area (Å²) in [5.41, 5.74) is 6.45. The van der Waals surface area contributed by atoms with Crippen molar-refractivity contribution in [2.75, 3.05) is 5.32 Å². The Kier molecular flexibility index (Phi) is 2.70. The van der Waals surface area contributed by atoms with Gasteiger partial charge in [0, 0.05) is 11.3 Å². The Hall–Kier alpha value is -2.77. The summed E-state index contributed by atoms with van der Waals surface area (Å²) < 4.78 is 15.4. The van der Waals surface area contributed by atoms with E-state index < -0.39 is 17.8 Å². The average Bonchev–Trinajstić information content (AvgIpc) is 2.85. The molecule has 0 aliphatic carbocycles. The molecule has 8 heteroatoms. The zero-order valence-corrected chi connectivity index (χ0v) is 10.5. The predicted molar refractivity (Wildman–Crippen MR) is 67.9 cm³/mol. The number of allylic oxidation sites excluding steroid dienone is 1. The molecular weight excluding hydrogens is 263 g/mol. The SMILES string of the molecule is CC1=C(C(N)=O)[C@H](c2ccccc2F)n2nnnc2N1. The maximum Gasteiger partial charge on any atom is 0.248 e. The van der Waals surface area contributed by atoms with E-state index in [1.165, 1.54) is 10.7 Å². The molecule has 1 aliphatic rings. The molecule has 0 saturated heterocycles. The molecule has 7 nitrogen and oxygen atoms in total. The molecule has 1 aliphatic heterocycles. The number of nitrogens with two attached hydrogens (primary N) is 1. The average molecular weight is 274 g/mol. The number of nitrogens with zero attached hydrogens (tertiary/aromatic N) is 4. The van der Waals surface area contributed by atoms with Crippen LogP contribution in [0.2, 0.25) is 0 Å². The number of hydrogen-bond acceptors (Lipinski definition) is 5. The topological polar surface area (TPSA) is 98.7 Å². The first-order chi connectivity index (χ1) is 9.59. The monoisotopic (exact) mass is 274 g/mol. The van der Waals surface area contributed by atoms with Crippen LogP contribution in [0.5, 0.6) is 0 Å². The number of carbonyl (C=O) groups is 1. The van der Waals surface area contributed by atoms with E-state index in [-0.39, 0.29) is 11.1 Å². The molecule has 1 aromatic carbocycles. The fraction of sp³-hybridized carbons (Fsp3) is 0.167. The third-order valence-corrected chi connectivity index (χ3v) is 3.18. The van der Waals surface area contributed by atoms with Gasteiger partial charge in [0.25, 0.3) is 0 Å². The second-order valence-corrected chi connectivity index (χ2v) is 4.40. The highest BCUT2D eigenvalue weighted by molar-refractivity contribution is 5.95. The van der Waals surface area contributed by atoms with Gasteiger partial charge in [0.15, 0.2) is 0 Å². The molecule has 102 valence electrons. The minimum atomic E-state index is -0.778. The Bertz CT molecular complexity index is 722. The van der Waals surface area contributed by atoms with Crippen LogP contribution in [0.15, 0.2) is 35.5 Å². The molecule has 1 amide bonds. The minimum absolute atomic E-state index is 0.231. The number of carbonyl (C=O) groups excluding carboxylic acids is 1. The van der Waals surface area contributed by atoms with Crippen molar-refractivity contribution in [3.63, 3.8) is 0 Å². The molecule has 2 aromatic rings. The molecule has 0 bridgehead atoms. The maximum absolute atomic E-state index is 14.1. The van der Waals surface area contributed by atoms with Gasteiger partial charge in [-0.15, -0.1) is 0 Å². The maximum atomic E-state index is 14.1. The number of hydrogen-bond donors (Lipinski definition) is 2. The summed E-state index contributed by atoms with van der Waals surface area (Å²) in [7, 11) is 0. The number of amides is 1. The summed E-state index contributed by atoms with van der Waals surface area (Å²) in [6, 6.07) is 5.36. The summed E-state index contributed by atoms with van der Waals surface area (Å²) in [6.07, 6.45) is 0. The lowest BCUT2D eigenvalue weighted by Crippen LogP contribution is -2.32. The van der Waals surface area contributed by atoms with Crippen LogP contribution < -0.4 is 11.1 Å². The molecule has 0 unspecified atom stereocenters. The van der Waals surface area contributed by atoms with Crippen LogP contribution in [0.3, 0.4) is 0 Å². The Morgan fingerprint density at radius 1 is 1.45 bits per heavy atom. The predicted octanol–water partition coefficient (Wildman–Crippen LogP) is 0.586. The quantitative estimate of drug-likeness (QED) is 0.835. The van der Waals surface area contributed by atoms with E-state index in [1.807, 2.05) is 0 Å². The second kappa shape index (κ2) is 4.41. The lowest BCUT2D eigenvalue weighted by molar-refractivity contribution is -0.115. The van der Waals surface area contributed by atoms with E-state index in [0.29, 0.717) is 11.6 Å². The number of aromatic nitrogens is 4. The number of anilines is 1. The largest absolute Gasteiger partial charge is 0.366 e. The number of nitrogens with one attached hydrogen (secondary N) is 1. The normalized spacial score (nSPS) is 17.6. The zero-order valence-electron chi connectivity index (χ0n) is 10.5. The Morgan fingerprint density at radius 2 is 2.20 bits per heavy atom. The van der Waals surface area contributed by atoms with Crippen molar-refractivity contribution in [2.24, 2.45) is 5.73 Å². The van der Waals surface area contributed by atoms with Gasteiger partial charge in [-0.1, -0.05) is 23.3 Å². The lowest BCUT2D eigenvalue weighted by Gasteiger charge is -2.26. The highest BCUT2D eigenvalue weighted by Crippen LogP contribution is 2.34. The molecule has 0 fully saturated rings. The van der Waals surface area contributed by atoms with Gasteiger partial charge >= 0.3 is 0 Å². The van der Waals surface area contributed by atoms with Crippen molar-refractivity contribution in [1.29, 1.82) is 0 Å². The van der Waals surface area contributed by atoms with E-state index in [0.717, 1.165) is 0 Å². The highest BCUT2D eigenvalue weighted by Gasteiger charge is 2.34. The van der Waals surface area contributed by atoms with Crippen molar-refractivity contribution in [1.82, 2.24) is 20.2 Å². The highest BCUT2D eigenvalue weighted by atomic mass is 19.1. The van der Waals surface area contributed by atoms with E-state index in [4.69, 9.17) is 5.73 Å². The van der Waals surface area contributed by atoms with Gasteiger partial charge < -0.3 is 11.1 Å². The second-order valence-electron chi connectivity index (χ2n) is 4.40. The van der Waals surface area contributed by atoms with Crippen LogP contribution in [0.25, 0.3) is 0 Å². The third kappa shape index (κ3) is 1.73. The summed E-state index contributed by atoms with van der Waals surface area (Å²) >= 11 is 0. The summed E-state index contributed by atoms with van der Waals surface area (Å²) in [5, 5.41) is 14.0. The number of halogens is 1. The molecule has 1 aromatic heterocycles. The minimum Gasteiger partial charge on any atom is -0.366 e. The molecule has 0 saturated carbocycles. The molecule has 2 heterocycles. The van der Waals surface area contributed by atoms with Crippen LogP contribution in [-0.2, 0) is 4.79 Å². The van der Waals surface area contributed by atoms with Crippen LogP contribution in [0.4, 0.5) is 10.3 Å². The molecule has 0 spiro atoms. The van der Waals surface area contributed by atoms with Crippen LogP contribution in [-0.4, -0.2) is 26.1 Å². The number of fused-ring (bicyclic) bond motifs is 1. The van der Waals surface area contributed by atoms with Crippen molar-refractivity contribution < 1.29 is 9.18 Å². The van der Waals surface area contributed by atoms with E-state index in [2.05, 4.69) is 20.8 Å². The fourth-order valence-electron chi connectivity index (χ4n) is 2.32. The van der Waals surface area contributed by atoms with Crippen LogP contribution in [0.1, 0.15) is 18.5 Å². The van der Waals surface area contributed by atoms with Gasteiger partial charge in [0.1, 0.15) is 11.9 Å². The number of benzene rings is 1. The van der Waals surface area contributed by atoms with Gasteiger partial charge in [-0.3, -0.25) is 4.79 Å². The Morgan fingerprint density at radius 3 is 2.90 bits per heavy atom. The summed E-state index contributed by atoms with van der Waals surface area (Å²) in [6.45, 7) is 1.67. The summed E-state index contributed by atoms with van der Waals surface area (Å²) in [4.78, 5) is 11.7. The number of tetrazole rings is 1. The van der Waals surface area contributed by atoms with Gasteiger partial charge in [0.2, 0.25) is 11.9 Å². The Balaban J connectivity index is 2.25. The molecular formula is C12H11FN6O. The standard InChI is InChI=1S/C12H11FN6O/c1-6-9(11(14)20)10(7-4-2-3-5-8(7)13)19-12(15-6)16-17-18-19/h2-5,10H,1H3,(H2,14,20)(H,15,16,18)/t10-/m0/s1. The van der Waals surface area contributed by atoms with Gasteiger partial charge in [-0.25, -0.2) is 4.39 Å². The van der Waals surface area contributed by atoms with E-state index in [1.54, 1.807) is 25.1 Å². The van der Waals surface area contributed by atoms with Gasteiger partial charge in [-0.05, 0) is 23.4 Å². The Labute approximate surface area is 113 Å². The van der Waals surface area contributed by atoms with Crippen molar-refractivity contribution in [2.45, 2.75) is 13.0 Å². The van der Waals surface area contributed by atoms with Crippen molar-refractivity contribution in [3.8, 4) is 0 Å². The third-order valence-electron chi connectivity index (χ3n) is 3.18. The molecule has 3 rings (SSSR count). The zero-order chi connectivity index (χ0) is 14.3. The summed E-state index contributed by atoms with van der Waals surface area (Å²) in [5.74, 6) is -0.766. The number of rotatable bonds is 2. The van der Waals surface area contributed by atoms with Gasteiger partial charge in [0.05, 0.1) is 5.57 Å². The lowest BCUT2D eigenvalue weighted by atomic mass is 9.95. The van der Waals surface area contributed by atoms with Crippen LogP contribution >= 0.6 is 0 Å². The first-order valence-electron chi connectivity index (χ1n) is 5.89. The van der Waals surface area contributed by atoms with Gasteiger partial charge in [-0.2, -0.15) is 4.68 Å². The number of primary amides is 1. The van der Waals surface area contributed by atoms with Crippen molar-refractivity contribution in [3.05, 3.63) is 46.9 Å². The first kappa shape index (κ1) is 12.3. The molecule has 1 atom stereocenters. The van der Waals surface area contributed by atoms with E-state index in [9.17, 15) is 9.18 Å². The smallest absolute Gasteiger partial charge is 0.248 e. The van der Waals surface area contributed by atoms with Crippen LogP contribution in [0, 0.1) is 5.82 Å². The molecule has 0 radical (unpaired) electrons. The molecule has 20 heavy (non-hydrogen) atoms.